The van der Waals surface area contributed by atoms with Gasteiger partial charge in [0, 0.05) is 6.04 Å². The monoisotopic (exact) mass is 279 g/mol. The van der Waals surface area contributed by atoms with Crippen molar-refractivity contribution in [1.29, 1.82) is 0 Å². The van der Waals surface area contributed by atoms with E-state index in [2.05, 4.69) is 24.0 Å². The summed E-state index contributed by atoms with van der Waals surface area (Å²) >= 11 is 0. The van der Waals surface area contributed by atoms with Gasteiger partial charge >= 0.3 is 0 Å². The van der Waals surface area contributed by atoms with Gasteiger partial charge in [-0.1, -0.05) is 44.0 Å². The van der Waals surface area contributed by atoms with Crippen LogP contribution in [-0.2, 0) is 10.0 Å². The van der Waals surface area contributed by atoms with E-state index in [1.807, 2.05) is 6.92 Å². The third-order valence-electron chi connectivity index (χ3n) is 2.83. The smallest absolute Gasteiger partial charge is 0.207 e. The highest BCUT2D eigenvalue weighted by Crippen LogP contribution is 2.12. The van der Waals surface area contributed by atoms with Gasteiger partial charge in [-0.2, -0.15) is 0 Å². The molecule has 0 aromatic heterocycles. The minimum absolute atomic E-state index is 0.247. The van der Waals surface area contributed by atoms with Crippen LogP contribution in [0.2, 0.25) is 0 Å². The Hall–Kier alpha value is -1.35. The van der Waals surface area contributed by atoms with Crippen LogP contribution in [0, 0.1) is 6.92 Å². The number of sulfonamides is 1. The summed E-state index contributed by atoms with van der Waals surface area (Å²) in [6, 6.07) is 6.57. The lowest BCUT2D eigenvalue weighted by Crippen LogP contribution is -2.33. The fourth-order valence-electron chi connectivity index (χ4n) is 1.73. The van der Waals surface area contributed by atoms with Gasteiger partial charge in [-0.15, -0.1) is 5.73 Å². The third-order valence-corrected chi connectivity index (χ3v) is 4.33. The van der Waals surface area contributed by atoms with E-state index >= 15 is 0 Å². The largest absolute Gasteiger partial charge is 0.241 e. The molecule has 19 heavy (non-hydrogen) atoms. The minimum Gasteiger partial charge on any atom is -0.207 e. The molecule has 0 spiro atoms. The summed E-state index contributed by atoms with van der Waals surface area (Å²) in [4.78, 5) is 0.289. The SMILES string of the molecule is C=C=CC(CCCC)NS(=O)(=O)c1ccc(C)cc1. The highest BCUT2D eigenvalue weighted by Gasteiger charge is 2.17. The molecule has 0 fully saturated rings. The highest BCUT2D eigenvalue weighted by molar-refractivity contribution is 7.89. The highest BCUT2D eigenvalue weighted by atomic mass is 32.2. The standard InChI is InChI=1S/C15H21NO2S/c1-4-6-8-14(7-5-2)16-19(17,18)15-11-9-13(3)10-12-15/h7,9-12,14,16H,2,4,6,8H2,1,3H3. The van der Waals surface area contributed by atoms with Crippen molar-refractivity contribution in [3.8, 4) is 0 Å². The van der Waals surface area contributed by atoms with Gasteiger partial charge in [0.2, 0.25) is 10.0 Å². The molecule has 104 valence electrons. The van der Waals surface area contributed by atoms with E-state index < -0.39 is 10.0 Å². The molecule has 1 aromatic carbocycles. The van der Waals surface area contributed by atoms with Crippen LogP contribution in [-0.4, -0.2) is 14.5 Å². The van der Waals surface area contributed by atoms with E-state index in [0.717, 1.165) is 24.8 Å². The number of hydrogen-bond acceptors (Lipinski definition) is 2. The molecule has 1 aromatic rings. The average Bonchev–Trinajstić information content (AvgIpc) is 2.36. The van der Waals surface area contributed by atoms with Gasteiger partial charge < -0.3 is 0 Å². The topological polar surface area (TPSA) is 46.2 Å². The Morgan fingerprint density at radius 3 is 2.53 bits per heavy atom. The predicted molar refractivity (Wildman–Crippen MR) is 78.5 cm³/mol. The first-order valence-corrected chi connectivity index (χ1v) is 7.93. The zero-order chi connectivity index (χ0) is 14.3. The maximum Gasteiger partial charge on any atom is 0.241 e. The zero-order valence-electron chi connectivity index (χ0n) is 11.5. The maximum absolute atomic E-state index is 12.2. The lowest BCUT2D eigenvalue weighted by molar-refractivity contribution is 0.554. The first-order valence-electron chi connectivity index (χ1n) is 6.44. The number of benzene rings is 1. The summed E-state index contributed by atoms with van der Waals surface area (Å²) in [6.07, 6.45) is 4.40. The van der Waals surface area contributed by atoms with Crippen molar-refractivity contribution >= 4 is 10.0 Å². The van der Waals surface area contributed by atoms with Crippen molar-refractivity contribution in [3.63, 3.8) is 0 Å². The van der Waals surface area contributed by atoms with Crippen LogP contribution >= 0.6 is 0 Å². The van der Waals surface area contributed by atoms with Crippen LogP contribution < -0.4 is 4.72 Å². The molecule has 0 aliphatic rings. The van der Waals surface area contributed by atoms with Gasteiger partial charge in [-0.3, -0.25) is 0 Å². The summed E-state index contributed by atoms with van der Waals surface area (Å²) in [5, 5.41) is 0. The Kier molecular flexibility index (Phi) is 6.03. The second-order valence-corrected chi connectivity index (χ2v) is 6.27. The zero-order valence-corrected chi connectivity index (χ0v) is 12.3. The fourth-order valence-corrected chi connectivity index (χ4v) is 2.94. The van der Waals surface area contributed by atoms with Crippen molar-refractivity contribution < 1.29 is 8.42 Å². The average molecular weight is 279 g/mol. The van der Waals surface area contributed by atoms with Gasteiger partial charge in [0.1, 0.15) is 0 Å². The number of nitrogens with one attached hydrogen (secondary N) is 1. The molecule has 0 saturated carbocycles. The summed E-state index contributed by atoms with van der Waals surface area (Å²) in [5.74, 6) is 0. The van der Waals surface area contributed by atoms with Gasteiger partial charge in [0.15, 0.2) is 0 Å². The normalized spacial score (nSPS) is 12.7. The summed E-state index contributed by atoms with van der Waals surface area (Å²) in [7, 11) is -3.48. The molecule has 0 aliphatic heterocycles. The van der Waals surface area contributed by atoms with Crippen LogP contribution in [0.3, 0.4) is 0 Å². The molecule has 3 nitrogen and oxygen atoms in total. The lowest BCUT2D eigenvalue weighted by atomic mass is 10.1. The molecule has 1 rings (SSSR count). The Balaban J connectivity index is 2.87. The van der Waals surface area contributed by atoms with Crippen molar-refractivity contribution in [1.82, 2.24) is 4.72 Å². The van der Waals surface area contributed by atoms with Crippen LogP contribution in [0.1, 0.15) is 31.7 Å². The Morgan fingerprint density at radius 1 is 1.37 bits per heavy atom. The molecule has 0 aliphatic carbocycles. The van der Waals surface area contributed by atoms with Crippen molar-refractivity contribution in [3.05, 3.63) is 48.2 Å². The van der Waals surface area contributed by atoms with Crippen molar-refractivity contribution in [2.24, 2.45) is 0 Å². The molecular weight excluding hydrogens is 258 g/mol. The second kappa shape index (κ2) is 7.29. The van der Waals surface area contributed by atoms with Gasteiger partial charge in [0.25, 0.3) is 0 Å². The predicted octanol–water partition coefficient (Wildman–Crippen LogP) is 3.17. The Labute approximate surface area is 116 Å². The molecule has 1 unspecified atom stereocenters. The quantitative estimate of drug-likeness (QED) is 0.779. The number of hydrogen-bond donors (Lipinski definition) is 1. The van der Waals surface area contributed by atoms with E-state index in [4.69, 9.17) is 0 Å². The van der Waals surface area contributed by atoms with Gasteiger partial charge in [0.05, 0.1) is 4.90 Å². The molecule has 4 heteroatoms. The number of aryl methyl sites for hydroxylation is 1. The summed E-state index contributed by atoms with van der Waals surface area (Å²) in [6.45, 7) is 7.51. The third kappa shape index (κ3) is 5.03. The van der Waals surface area contributed by atoms with Crippen LogP contribution in [0.5, 0.6) is 0 Å². The maximum atomic E-state index is 12.2. The molecule has 0 amide bonds. The van der Waals surface area contributed by atoms with Crippen molar-refractivity contribution in [2.75, 3.05) is 0 Å². The molecule has 1 atom stereocenters. The fraction of sp³-hybridized carbons (Fsp3) is 0.400. The lowest BCUT2D eigenvalue weighted by Gasteiger charge is -2.14. The molecule has 0 saturated heterocycles. The Bertz CT molecular complexity index is 540. The summed E-state index contributed by atoms with van der Waals surface area (Å²) in [5.41, 5.74) is 3.69. The van der Waals surface area contributed by atoms with Crippen LogP contribution in [0.4, 0.5) is 0 Å². The van der Waals surface area contributed by atoms with E-state index in [9.17, 15) is 8.42 Å². The van der Waals surface area contributed by atoms with E-state index in [0.29, 0.717) is 0 Å². The molecule has 0 bridgehead atoms. The van der Waals surface area contributed by atoms with Crippen LogP contribution in [0.25, 0.3) is 0 Å². The second-order valence-electron chi connectivity index (χ2n) is 4.55. The van der Waals surface area contributed by atoms with E-state index in [-0.39, 0.29) is 10.9 Å². The number of rotatable bonds is 7. The first-order chi connectivity index (χ1) is 8.99. The number of unbranched alkanes of at least 4 members (excludes halogenated alkanes) is 1. The van der Waals surface area contributed by atoms with Crippen LogP contribution in [0.15, 0.2) is 47.5 Å². The molecule has 1 N–H and O–H groups in total. The van der Waals surface area contributed by atoms with Gasteiger partial charge in [-0.05, 0) is 31.6 Å². The minimum atomic E-state index is -3.48. The van der Waals surface area contributed by atoms with E-state index in [1.54, 1.807) is 30.3 Å². The van der Waals surface area contributed by atoms with Crippen molar-refractivity contribution in [2.45, 2.75) is 44.0 Å². The molecule has 0 radical (unpaired) electrons. The van der Waals surface area contributed by atoms with Gasteiger partial charge in [-0.25, -0.2) is 13.1 Å². The molecule has 0 heterocycles. The summed E-state index contributed by atoms with van der Waals surface area (Å²) < 4.78 is 27.1. The first kappa shape index (κ1) is 15.7. The Morgan fingerprint density at radius 2 is 2.00 bits per heavy atom. The van der Waals surface area contributed by atoms with E-state index in [1.165, 1.54) is 0 Å². The molecular formula is C15H21NO2S.